The van der Waals surface area contributed by atoms with Crippen molar-refractivity contribution in [2.24, 2.45) is 5.73 Å². The van der Waals surface area contributed by atoms with Gasteiger partial charge in [0.1, 0.15) is 0 Å². The standard InChI is InChI=1S/C14H22N2O/c1-3-4-10-16(14(17)11-15)12(2)13-8-6-5-7-9-13/h5-9,12H,3-4,10-11,15H2,1-2H3/t12-/m1/s1. The van der Waals surface area contributed by atoms with E-state index in [1.807, 2.05) is 35.2 Å². The second-order valence-corrected chi connectivity index (χ2v) is 4.23. The van der Waals surface area contributed by atoms with Crippen molar-refractivity contribution < 1.29 is 4.79 Å². The van der Waals surface area contributed by atoms with Crippen LogP contribution in [-0.4, -0.2) is 23.9 Å². The molecular formula is C14H22N2O. The molecule has 0 aliphatic rings. The zero-order chi connectivity index (χ0) is 12.7. The van der Waals surface area contributed by atoms with Crippen molar-refractivity contribution >= 4 is 5.91 Å². The van der Waals surface area contributed by atoms with E-state index < -0.39 is 0 Å². The van der Waals surface area contributed by atoms with Gasteiger partial charge in [0, 0.05) is 6.54 Å². The summed E-state index contributed by atoms with van der Waals surface area (Å²) >= 11 is 0. The lowest BCUT2D eigenvalue weighted by Gasteiger charge is -2.29. The average Bonchev–Trinajstić information content (AvgIpc) is 2.39. The first-order valence-electron chi connectivity index (χ1n) is 6.25. The van der Waals surface area contributed by atoms with Crippen molar-refractivity contribution in [1.29, 1.82) is 0 Å². The van der Waals surface area contributed by atoms with Gasteiger partial charge in [0.15, 0.2) is 0 Å². The van der Waals surface area contributed by atoms with Crippen LogP contribution in [0.3, 0.4) is 0 Å². The molecule has 0 aromatic heterocycles. The molecule has 1 rings (SSSR count). The number of benzene rings is 1. The highest BCUT2D eigenvalue weighted by Crippen LogP contribution is 2.20. The smallest absolute Gasteiger partial charge is 0.236 e. The summed E-state index contributed by atoms with van der Waals surface area (Å²) in [5.41, 5.74) is 6.63. The van der Waals surface area contributed by atoms with Gasteiger partial charge >= 0.3 is 0 Å². The van der Waals surface area contributed by atoms with Crippen molar-refractivity contribution in [1.82, 2.24) is 4.90 Å². The molecule has 0 radical (unpaired) electrons. The molecule has 0 heterocycles. The largest absolute Gasteiger partial charge is 0.335 e. The fourth-order valence-electron chi connectivity index (χ4n) is 1.89. The first-order valence-corrected chi connectivity index (χ1v) is 6.25. The van der Waals surface area contributed by atoms with Gasteiger partial charge in [-0.15, -0.1) is 0 Å². The monoisotopic (exact) mass is 234 g/mol. The lowest BCUT2D eigenvalue weighted by atomic mass is 10.1. The van der Waals surface area contributed by atoms with Gasteiger partial charge in [-0.3, -0.25) is 4.79 Å². The summed E-state index contributed by atoms with van der Waals surface area (Å²) in [4.78, 5) is 13.7. The van der Waals surface area contributed by atoms with Crippen LogP contribution in [0, 0.1) is 0 Å². The summed E-state index contributed by atoms with van der Waals surface area (Å²) in [6, 6.07) is 10.2. The summed E-state index contributed by atoms with van der Waals surface area (Å²) in [5.74, 6) is 0.0230. The number of carbonyl (C=O) groups excluding carboxylic acids is 1. The Kier molecular flexibility index (Phi) is 5.70. The number of hydrogen-bond donors (Lipinski definition) is 1. The quantitative estimate of drug-likeness (QED) is 0.821. The first kappa shape index (κ1) is 13.7. The molecule has 1 amide bonds. The molecule has 1 aromatic carbocycles. The van der Waals surface area contributed by atoms with Crippen LogP contribution in [-0.2, 0) is 4.79 Å². The molecule has 0 saturated carbocycles. The van der Waals surface area contributed by atoms with Crippen LogP contribution in [0.1, 0.15) is 38.3 Å². The van der Waals surface area contributed by atoms with E-state index in [9.17, 15) is 4.79 Å². The molecule has 0 spiro atoms. The molecule has 0 bridgehead atoms. The molecule has 3 nitrogen and oxygen atoms in total. The van der Waals surface area contributed by atoms with Gasteiger partial charge in [-0.2, -0.15) is 0 Å². The van der Waals surface area contributed by atoms with Gasteiger partial charge in [0.2, 0.25) is 5.91 Å². The summed E-state index contributed by atoms with van der Waals surface area (Å²) in [6.07, 6.45) is 2.10. The predicted octanol–water partition coefficient (Wildman–Crippen LogP) is 2.34. The van der Waals surface area contributed by atoms with Crippen LogP contribution in [0.4, 0.5) is 0 Å². The van der Waals surface area contributed by atoms with E-state index in [1.54, 1.807) is 0 Å². The highest BCUT2D eigenvalue weighted by atomic mass is 16.2. The molecule has 3 heteroatoms. The third-order valence-electron chi connectivity index (χ3n) is 3.00. The van der Waals surface area contributed by atoms with Crippen molar-refractivity contribution in [3.8, 4) is 0 Å². The molecule has 0 aliphatic heterocycles. The van der Waals surface area contributed by atoms with Crippen LogP contribution in [0.5, 0.6) is 0 Å². The SMILES string of the molecule is CCCCN(C(=O)CN)[C@H](C)c1ccccc1. The molecule has 94 valence electrons. The van der Waals surface area contributed by atoms with Gasteiger partial charge in [0.05, 0.1) is 12.6 Å². The summed E-state index contributed by atoms with van der Waals surface area (Å²) in [5, 5.41) is 0. The molecule has 0 unspecified atom stereocenters. The highest BCUT2D eigenvalue weighted by Gasteiger charge is 2.19. The Labute approximate surface area is 104 Å². The zero-order valence-electron chi connectivity index (χ0n) is 10.7. The number of carbonyl (C=O) groups is 1. The highest BCUT2D eigenvalue weighted by molar-refractivity contribution is 5.78. The Bertz CT molecular complexity index is 337. The van der Waals surface area contributed by atoms with E-state index >= 15 is 0 Å². The maximum absolute atomic E-state index is 11.8. The molecule has 1 aromatic rings. The van der Waals surface area contributed by atoms with Crippen LogP contribution in [0.2, 0.25) is 0 Å². The normalized spacial score (nSPS) is 12.2. The molecule has 17 heavy (non-hydrogen) atoms. The Balaban J connectivity index is 2.78. The van der Waals surface area contributed by atoms with E-state index in [1.165, 1.54) is 0 Å². The summed E-state index contributed by atoms with van der Waals surface area (Å²) in [6.45, 7) is 5.04. The second kappa shape index (κ2) is 7.07. The van der Waals surface area contributed by atoms with Gasteiger partial charge in [-0.1, -0.05) is 43.7 Å². The average molecular weight is 234 g/mol. The van der Waals surface area contributed by atoms with E-state index in [-0.39, 0.29) is 18.5 Å². The third-order valence-corrected chi connectivity index (χ3v) is 3.00. The second-order valence-electron chi connectivity index (χ2n) is 4.23. The fourth-order valence-corrected chi connectivity index (χ4v) is 1.89. The van der Waals surface area contributed by atoms with Gasteiger partial charge < -0.3 is 10.6 Å². The first-order chi connectivity index (χ1) is 8.20. The minimum atomic E-state index is 0.0230. The van der Waals surface area contributed by atoms with E-state index in [4.69, 9.17) is 5.73 Å². The number of nitrogens with two attached hydrogens (primary N) is 1. The molecule has 1 atom stereocenters. The van der Waals surface area contributed by atoms with Crippen molar-refractivity contribution in [2.75, 3.05) is 13.1 Å². The van der Waals surface area contributed by atoms with Crippen LogP contribution in [0.15, 0.2) is 30.3 Å². The molecule has 2 N–H and O–H groups in total. The topological polar surface area (TPSA) is 46.3 Å². The minimum Gasteiger partial charge on any atom is -0.335 e. The Morgan fingerprint density at radius 1 is 1.35 bits per heavy atom. The van der Waals surface area contributed by atoms with Crippen molar-refractivity contribution in [3.63, 3.8) is 0 Å². The van der Waals surface area contributed by atoms with Gasteiger partial charge in [-0.25, -0.2) is 0 Å². The third kappa shape index (κ3) is 3.86. The zero-order valence-corrected chi connectivity index (χ0v) is 10.7. The molecule has 0 aliphatic carbocycles. The number of rotatable bonds is 6. The van der Waals surface area contributed by atoms with Crippen molar-refractivity contribution in [3.05, 3.63) is 35.9 Å². The van der Waals surface area contributed by atoms with Crippen LogP contribution >= 0.6 is 0 Å². The maximum Gasteiger partial charge on any atom is 0.236 e. The lowest BCUT2D eigenvalue weighted by Crippen LogP contribution is -2.38. The van der Waals surface area contributed by atoms with E-state index in [0.717, 1.165) is 24.9 Å². The predicted molar refractivity (Wildman–Crippen MR) is 70.5 cm³/mol. The summed E-state index contributed by atoms with van der Waals surface area (Å²) in [7, 11) is 0. The Morgan fingerprint density at radius 2 is 2.00 bits per heavy atom. The molecule has 0 fully saturated rings. The van der Waals surface area contributed by atoms with Crippen LogP contribution in [0.25, 0.3) is 0 Å². The number of nitrogens with zero attached hydrogens (tertiary/aromatic N) is 1. The number of amides is 1. The van der Waals surface area contributed by atoms with E-state index in [2.05, 4.69) is 13.8 Å². The van der Waals surface area contributed by atoms with Gasteiger partial charge in [0.25, 0.3) is 0 Å². The summed E-state index contributed by atoms with van der Waals surface area (Å²) < 4.78 is 0. The fraction of sp³-hybridized carbons (Fsp3) is 0.500. The molecular weight excluding hydrogens is 212 g/mol. The number of hydrogen-bond acceptors (Lipinski definition) is 2. The Hall–Kier alpha value is -1.35. The van der Waals surface area contributed by atoms with Crippen molar-refractivity contribution in [2.45, 2.75) is 32.7 Å². The Morgan fingerprint density at radius 3 is 2.53 bits per heavy atom. The lowest BCUT2D eigenvalue weighted by molar-refractivity contribution is -0.131. The number of unbranched alkanes of at least 4 members (excludes halogenated alkanes) is 1. The van der Waals surface area contributed by atoms with Crippen LogP contribution < -0.4 is 5.73 Å². The van der Waals surface area contributed by atoms with Gasteiger partial charge in [-0.05, 0) is 18.9 Å². The maximum atomic E-state index is 11.8. The molecule has 0 saturated heterocycles. The minimum absolute atomic E-state index is 0.0230. The van der Waals surface area contributed by atoms with E-state index in [0.29, 0.717) is 0 Å².